The molecule has 26 heavy (non-hydrogen) atoms. The molecule has 4 rings (SSSR count). The lowest BCUT2D eigenvalue weighted by Gasteiger charge is -2.32. The van der Waals surface area contributed by atoms with Crippen molar-refractivity contribution in [3.8, 4) is 0 Å². The van der Waals surface area contributed by atoms with E-state index in [-0.39, 0.29) is 23.6 Å². The maximum absolute atomic E-state index is 12.9. The molecule has 6 nitrogen and oxygen atoms in total. The minimum Gasteiger partial charge on any atom is -0.379 e. The van der Waals surface area contributed by atoms with Crippen LogP contribution in [0.3, 0.4) is 0 Å². The standard InChI is InChI=1S/C20H24N2O4/c1-12-2-5-16-14(8-12)15(9-19(23)21-16)20(24)22-17-6-7-25-11-18(17)26-10-13-3-4-13/h2,5,8-9,13,17-18H,3-4,6-7,10-11H2,1H3,(H,21,23)(H,22,24)/t17-,18-/m1/s1. The molecule has 2 N–H and O–H groups in total. The summed E-state index contributed by atoms with van der Waals surface area (Å²) in [4.78, 5) is 27.7. The molecule has 2 atom stereocenters. The molecule has 2 aromatic rings. The van der Waals surface area contributed by atoms with Gasteiger partial charge in [0.1, 0.15) is 6.10 Å². The molecule has 1 aliphatic heterocycles. The molecule has 0 unspecified atom stereocenters. The summed E-state index contributed by atoms with van der Waals surface area (Å²) < 4.78 is 11.5. The zero-order valence-electron chi connectivity index (χ0n) is 14.9. The first-order chi connectivity index (χ1) is 12.6. The van der Waals surface area contributed by atoms with Crippen LogP contribution in [-0.4, -0.2) is 42.9 Å². The van der Waals surface area contributed by atoms with E-state index in [9.17, 15) is 9.59 Å². The van der Waals surface area contributed by atoms with E-state index in [2.05, 4.69) is 10.3 Å². The summed E-state index contributed by atoms with van der Waals surface area (Å²) in [6.45, 7) is 3.79. The van der Waals surface area contributed by atoms with Crippen LogP contribution in [-0.2, 0) is 9.47 Å². The van der Waals surface area contributed by atoms with Crippen molar-refractivity contribution >= 4 is 16.8 Å². The zero-order valence-corrected chi connectivity index (χ0v) is 14.9. The van der Waals surface area contributed by atoms with Crippen molar-refractivity contribution in [1.29, 1.82) is 0 Å². The lowest BCUT2D eigenvalue weighted by molar-refractivity contribution is -0.0697. The van der Waals surface area contributed by atoms with E-state index in [4.69, 9.17) is 9.47 Å². The minimum atomic E-state index is -0.278. The van der Waals surface area contributed by atoms with Crippen molar-refractivity contribution in [2.24, 2.45) is 5.92 Å². The second-order valence-electron chi connectivity index (χ2n) is 7.36. The second-order valence-corrected chi connectivity index (χ2v) is 7.36. The number of rotatable bonds is 5. The van der Waals surface area contributed by atoms with Crippen molar-refractivity contribution in [2.45, 2.75) is 38.3 Å². The van der Waals surface area contributed by atoms with E-state index in [1.165, 1.54) is 18.9 Å². The summed E-state index contributed by atoms with van der Waals surface area (Å²) in [5, 5.41) is 3.83. The molecule has 2 fully saturated rings. The summed E-state index contributed by atoms with van der Waals surface area (Å²) >= 11 is 0. The van der Waals surface area contributed by atoms with Gasteiger partial charge in [-0.25, -0.2) is 0 Å². The van der Waals surface area contributed by atoms with Crippen LogP contribution in [0, 0.1) is 12.8 Å². The van der Waals surface area contributed by atoms with Crippen molar-refractivity contribution in [3.05, 3.63) is 45.7 Å². The van der Waals surface area contributed by atoms with Gasteiger partial charge in [-0.15, -0.1) is 0 Å². The van der Waals surface area contributed by atoms with E-state index in [1.807, 2.05) is 25.1 Å². The number of H-pyrrole nitrogens is 1. The van der Waals surface area contributed by atoms with Crippen LogP contribution in [0.25, 0.3) is 10.9 Å². The minimum absolute atomic E-state index is 0.103. The number of hydrogen-bond acceptors (Lipinski definition) is 4. The van der Waals surface area contributed by atoms with Crippen LogP contribution in [0.5, 0.6) is 0 Å². The molecule has 1 amide bonds. The van der Waals surface area contributed by atoms with Gasteiger partial charge in [0, 0.05) is 30.2 Å². The van der Waals surface area contributed by atoms with Gasteiger partial charge in [0.2, 0.25) is 5.56 Å². The fourth-order valence-corrected chi connectivity index (χ4v) is 3.39. The first kappa shape index (κ1) is 17.2. The quantitative estimate of drug-likeness (QED) is 0.860. The molecule has 1 saturated heterocycles. The molecule has 6 heteroatoms. The highest BCUT2D eigenvalue weighted by atomic mass is 16.5. The average molecular weight is 356 g/mol. The molecule has 2 aliphatic rings. The molecule has 1 aromatic heterocycles. The average Bonchev–Trinajstić information content (AvgIpc) is 3.45. The Morgan fingerprint density at radius 2 is 2.15 bits per heavy atom. The van der Waals surface area contributed by atoms with E-state index in [1.54, 1.807) is 0 Å². The molecule has 1 saturated carbocycles. The third kappa shape index (κ3) is 3.81. The number of carbonyl (C=O) groups is 1. The largest absolute Gasteiger partial charge is 0.379 e. The highest BCUT2D eigenvalue weighted by Crippen LogP contribution is 2.30. The summed E-state index contributed by atoms with van der Waals surface area (Å²) in [5.41, 5.74) is 1.83. The maximum Gasteiger partial charge on any atom is 0.252 e. The van der Waals surface area contributed by atoms with Gasteiger partial charge in [-0.1, -0.05) is 11.6 Å². The van der Waals surface area contributed by atoms with Gasteiger partial charge in [-0.2, -0.15) is 0 Å². The highest BCUT2D eigenvalue weighted by molar-refractivity contribution is 6.06. The third-order valence-electron chi connectivity index (χ3n) is 5.11. The number of amides is 1. The van der Waals surface area contributed by atoms with Crippen LogP contribution in [0.1, 0.15) is 35.2 Å². The van der Waals surface area contributed by atoms with E-state index < -0.39 is 0 Å². The number of benzene rings is 1. The zero-order chi connectivity index (χ0) is 18.1. The van der Waals surface area contributed by atoms with E-state index in [0.29, 0.717) is 36.6 Å². The number of aromatic nitrogens is 1. The van der Waals surface area contributed by atoms with Crippen molar-refractivity contribution < 1.29 is 14.3 Å². The van der Waals surface area contributed by atoms with Gasteiger partial charge in [-0.05, 0) is 44.2 Å². The smallest absolute Gasteiger partial charge is 0.252 e. The summed E-state index contributed by atoms with van der Waals surface area (Å²) in [6, 6.07) is 6.94. The molecule has 138 valence electrons. The molecule has 0 bridgehead atoms. The number of nitrogens with one attached hydrogen (secondary N) is 2. The molecular weight excluding hydrogens is 332 g/mol. The van der Waals surface area contributed by atoms with Crippen molar-refractivity contribution in [1.82, 2.24) is 10.3 Å². The molecule has 0 radical (unpaired) electrons. The molecule has 2 heterocycles. The van der Waals surface area contributed by atoms with Gasteiger partial charge in [-0.3, -0.25) is 9.59 Å². The Morgan fingerprint density at radius 1 is 1.31 bits per heavy atom. The van der Waals surface area contributed by atoms with Crippen LogP contribution >= 0.6 is 0 Å². The topological polar surface area (TPSA) is 80.4 Å². The Labute approximate surface area is 151 Å². The van der Waals surface area contributed by atoms with Crippen LogP contribution < -0.4 is 10.9 Å². The number of ether oxygens (including phenoxy) is 2. The van der Waals surface area contributed by atoms with Gasteiger partial charge >= 0.3 is 0 Å². The lowest BCUT2D eigenvalue weighted by Crippen LogP contribution is -2.50. The van der Waals surface area contributed by atoms with Crippen LogP contribution in [0.15, 0.2) is 29.1 Å². The Hall–Kier alpha value is -2.18. The Kier molecular flexibility index (Phi) is 4.78. The number of pyridine rings is 1. The predicted octanol–water partition coefficient (Wildman–Crippen LogP) is 2.15. The fourth-order valence-electron chi connectivity index (χ4n) is 3.39. The van der Waals surface area contributed by atoms with Gasteiger partial charge < -0.3 is 19.8 Å². The predicted molar refractivity (Wildman–Crippen MR) is 98.5 cm³/mol. The normalized spacial score (nSPS) is 23.1. The lowest BCUT2D eigenvalue weighted by atomic mass is 10.0. The van der Waals surface area contributed by atoms with Gasteiger partial charge in [0.05, 0.1) is 18.2 Å². The molecule has 0 spiro atoms. The number of fused-ring (bicyclic) bond motifs is 1. The Balaban J connectivity index is 1.55. The van der Waals surface area contributed by atoms with E-state index >= 15 is 0 Å². The first-order valence-electron chi connectivity index (χ1n) is 9.24. The van der Waals surface area contributed by atoms with E-state index in [0.717, 1.165) is 17.6 Å². The van der Waals surface area contributed by atoms with Crippen molar-refractivity contribution in [2.75, 3.05) is 19.8 Å². The monoisotopic (exact) mass is 356 g/mol. The third-order valence-corrected chi connectivity index (χ3v) is 5.11. The van der Waals surface area contributed by atoms with Crippen LogP contribution in [0.2, 0.25) is 0 Å². The first-order valence-corrected chi connectivity index (χ1v) is 9.24. The van der Waals surface area contributed by atoms with Gasteiger partial charge in [0.25, 0.3) is 5.91 Å². The number of aromatic amines is 1. The van der Waals surface area contributed by atoms with Crippen LogP contribution in [0.4, 0.5) is 0 Å². The summed E-state index contributed by atoms with van der Waals surface area (Å²) in [5.74, 6) is 0.423. The SMILES string of the molecule is Cc1ccc2[nH]c(=O)cc(C(=O)N[C@@H]3CCOC[C@H]3OCC3CC3)c2c1. The summed E-state index contributed by atoms with van der Waals surface area (Å²) in [6.07, 6.45) is 3.02. The Bertz CT molecular complexity index is 872. The number of hydrogen-bond donors (Lipinski definition) is 2. The number of carbonyl (C=O) groups excluding carboxylic acids is 1. The fraction of sp³-hybridized carbons (Fsp3) is 0.500. The highest BCUT2D eigenvalue weighted by Gasteiger charge is 2.31. The number of aryl methyl sites for hydroxylation is 1. The molecule has 1 aromatic carbocycles. The van der Waals surface area contributed by atoms with Crippen molar-refractivity contribution in [3.63, 3.8) is 0 Å². The maximum atomic E-state index is 12.9. The summed E-state index contributed by atoms with van der Waals surface area (Å²) in [7, 11) is 0. The molecule has 1 aliphatic carbocycles. The molecular formula is C20H24N2O4. The Morgan fingerprint density at radius 3 is 2.96 bits per heavy atom. The second kappa shape index (κ2) is 7.21. The van der Waals surface area contributed by atoms with Gasteiger partial charge in [0.15, 0.2) is 0 Å².